The molecule has 35 heavy (non-hydrogen) atoms. The van der Waals surface area contributed by atoms with Crippen LogP contribution >= 0.6 is 0 Å². The highest BCUT2D eigenvalue weighted by Crippen LogP contribution is 2.30. The molecule has 0 saturated heterocycles. The fraction of sp³-hybridized carbons (Fsp3) is 0.138. The van der Waals surface area contributed by atoms with Gasteiger partial charge in [-0.2, -0.15) is 0 Å². The molecule has 0 spiro atoms. The van der Waals surface area contributed by atoms with Crippen molar-refractivity contribution in [1.29, 1.82) is 0 Å². The molecule has 0 fully saturated rings. The second-order valence-corrected chi connectivity index (χ2v) is 8.92. The van der Waals surface area contributed by atoms with Crippen LogP contribution in [-0.2, 0) is 6.54 Å². The maximum absolute atomic E-state index is 13.2. The number of carbonyl (C=O) groups excluding carboxylic acids is 3. The molecule has 0 radical (unpaired) electrons. The number of amides is 3. The lowest BCUT2D eigenvalue weighted by atomic mass is 9.98. The molecule has 2 aliphatic rings. The van der Waals surface area contributed by atoms with Gasteiger partial charge in [0.15, 0.2) is 0 Å². The summed E-state index contributed by atoms with van der Waals surface area (Å²) in [7, 11) is 0. The van der Waals surface area contributed by atoms with Crippen LogP contribution in [0.15, 0.2) is 85.1 Å². The van der Waals surface area contributed by atoms with Crippen molar-refractivity contribution < 1.29 is 14.4 Å². The number of hydrogen-bond donors (Lipinski definition) is 1. The molecule has 3 aromatic carbocycles. The third-order valence-electron chi connectivity index (χ3n) is 6.82. The van der Waals surface area contributed by atoms with Crippen molar-refractivity contribution in [2.24, 2.45) is 0 Å². The number of imide groups is 1. The van der Waals surface area contributed by atoms with E-state index < -0.39 is 0 Å². The van der Waals surface area contributed by atoms with Gasteiger partial charge < -0.3 is 9.88 Å². The number of aromatic amines is 1. The smallest absolute Gasteiger partial charge is 0.261 e. The molecule has 2 aliphatic heterocycles. The average Bonchev–Trinajstić information content (AvgIpc) is 3.44. The van der Waals surface area contributed by atoms with Gasteiger partial charge in [0.1, 0.15) is 0 Å². The van der Waals surface area contributed by atoms with Crippen molar-refractivity contribution in [1.82, 2.24) is 14.8 Å². The molecule has 0 aliphatic carbocycles. The Bertz CT molecular complexity index is 1500. The molecule has 4 aromatic rings. The number of hydrogen-bond acceptors (Lipinski definition) is 3. The van der Waals surface area contributed by atoms with Gasteiger partial charge in [0.2, 0.25) is 0 Å². The highest BCUT2D eigenvalue weighted by atomic mass is 16.2. The Balaban J connectivity index is 1.17. The number of carbonyl (C=O) groups is 3. The summed E-state index contributed by atoms with van der Waals surface area (Å²) in [5.41, 5.74) is 5.70. The van der Waals surface area contributed by atoms with E-state index in [0.29, 0.717) is 29.8 Å². The molecule has 6 heteroatoms. The number of benzene rings is 3. The summed E-state index contributed by atoms with van der Waals surface area (Å²) in [5.74, 6) is -0.648. The van der Waals surface area contributed by atoms with Gasteiger partial charge in [-0.15, -0.1) is 0 Å². The zero-order valence-corrected chi connectivity index (χ0v) is 19.0. The van der Waals surface area contributed by atoms with E-state index in [1.54, 1.807) is 42.5 Å². The second kappa shape index (κ2) is 8.40. The predicted octanol–water partition coefficient (Wildman–Crippen LogP) is 4.89. The number of rotatable bonds is 4. The van der Waals surface area contributed by atoms with Gasteiger partial charge in [-0.05, 0) is 47.9 Å². The summed E-state index contributed by atoms with van der Waals surface area (Å²) >= 11 is 0. The second-order valence-electron chi connectivity index (χ2n) is 8.92. The predicted molar refractivity (Wildman–Crippen MR) is 134 cm³/mol. The lowest BCUT2D eigenvalue weighted by Gasteiger charge is -2.27. The number of aromatic nitrogens is 1. The maximum Gasteiger partial charge on any atom is 0.261 e. The van der Waals surface area contributed by atoms with Crippen molar-refractivity contribution in [2.75, 3.05) is 13.1 Å². The topological polar surface area (TPSA) is 73.5 Å². The molecular formula is C29H23N3O3. The first-order chi connectivity index (χ1) is 17.1. The standard InChI is InChI=1S/C29H23N3O3/c33-27(31-14-12-20(13-15-31)25-17-30-26-11-4-3-8-22(25)26)21-7-5-6-19(16-21)18-32-28(34)23-9-1-2-10-24(23)29(32)35/h1-12,16-17,30H,13-15,18H2. The van der Waals surface area contributed by atoms with E-state index in [1.807, 2.05) is 29.3 Å². The minimum atomic E-state index is -0.298. The van der Waals surface area contributed by atoms with Crippen LogP contribution < -0.4 is 0 Å². The van der Waals surface area contributed by atoms with Crippen LogP contribution in [0.1, 0.15) is 48.6 Å². The highest BCUT2D eigenvalue weighted by Gasteiger charge is 2.35. The molecule has 0 atom stereocenters. The van der Waals surface area contributed by atoms with Gasteiger partial charge >= 0.3 is 0 Å². The number of nitrogens with zero attached hydrogens (tertiary/aromatic N) is 2. The summed E-state index contributed by atoms with van der Waals surface area (Å²) in [4.78, 5) is 45.1. The van der Waals surface area contributed by atoms with E-state index >= 15 is 0 Å². The fourth-order valence-electron chi connectivity index (χ4n) is 4.99. The van der Waals surface area contributed by atoms with Crippen LogP contribution in [0, 0.1) is 0 Å². The summed E-state index contributed by atoms with van der Waals surface area (Å²) in [6.07, 6.45) is 4.94. The monoisotopic (exact) mass is 461 g/mol. The maximum atomic E-state index is 13.2. The van der Waals surface area contributed by atoms with Crippen LogP contribution in [0.2, 0.25) is 0 Å². The van der Waals surface area contributed by atoms with E-state index in [4.69, 9.17) is 0 Å². The Morgan fingerprint density at radius 1 is 0.857 bits per heavy atom. The number of nitrogens with one attached hydrogen (secondary N) is 1. The average molecular weight is 462 g/mol. The molecular weight excluding hydrogens is 438 g/mol. The first-order valence-electron chi connectivity index (χ1n) is 11.7. The Hall–Kier alpha value is -4.45. The van der Waals surface area contributed by atoms with Crippen LogP contribution in [0.25, 0.3) is 16.5 Å². The molecule has 6 rings (SSSR count). The molecule has 6 nitrogen and oxygen atoms in total. The molecule has 3 amide bonds. The molecule has 1 aromatic heterocycles. The lowest BCUT2D eigenvalue weighted by Crippen LogP contribution is -2.34. The molecule has 0 saturated carbocycles. The van der Waals surface area contributed by atoms with Gasteiger partial charge in [0, 0.05) is 41.3 Å². The van der Waals surface area contributed by atoms with E-state index in [2.05, 4.69) is 23.2 Å². The molecule has 3 heterocycles. The Morgan fingerprint density at radius 2 is 1.60 bits per heavy atom. The van der Waals surface area contributed by atoms with Gasteiger partial charge in [0.25, 0.3) is 17.7 Å². The van der Waals surface area contributed by atoms with Crippen LogP contribution in [0.5, 0.6) is 0 Å². The van der Waals surface area contributed by atoms with E-state index in [1.165, 1.54) is 21.4 Å². The third-order valence-corrected chi connectivity index (χ3v) is 6.82. The summed E-state index contributed by atoms with van der Waals surface area (Å²) in [6.45, 7) is 1.31. The van der Waals surface area contributed by atoms with Crippen molar-refractivity contribution in [3.05, 3.63) is 113 Å². The van der Waals surface area contributed by atoms with E-state index in [0.717, 1.165) is 17.5 Å². The molecule has 0 bridgehead atoms. The van der Waals surface area contributed by atoms with Crippen LogP contribution in [0.3, 0.4) is 0 Å². The lowest BCUT2D eigenvalue weighted by molar-refractivity contribution is 0.0642. The highest BCUT2D eigenvalue weighted by molar-refractivity contribution is 6.21. The van der Waals surface area contributed by atoms with Gasteiger partial charge in [-0.25, -0.2) is 0 Å². The van der Waals surface area contributed by atoms with E-state index in [-0.39, 0.29) is 24.3 Å². The molecule has 172 valence electrons. The normalized spacial score (nSPS) is 15.5. The molecule has 1 N–H and O–H groups in total. The third kappa shape index (κ3) is 3.64. The van der Waals surface area contributed by atoms with Gasteiger partial charge in [0.05, 0.1) is 17.7 Å². The quantitative estimate of drug-likeness (QED) is 0.440. The van der Waals surface area contributed by atoms with Crippen molar-refractivity contribution in [3.63, 3.8) is 0 Å². The largest absolute Gasteiger partial charge is 0.361 e. The summed E-state index contributed by atoms with van der Waals surface area (Å²) < 4.78 is 0. The Kier molecular flexibility index (Phi) is 5.07. The number of H-pyrrole nitrogens is 1. The molecule has 0 unspecified atom stereocenters. The fourth-order valence-corrected chi connectivity index (χ4v) is 4.99. The van der Waals surface area contributed by atoms with Gasteiger partial charge in [-0.1, -0.05) is 48.5 Å². The Labute approximate surface area is 202 Å². The number of fused-ring (bicyclic) bond motifs is 2. The van der Waals surface area contributed by atoms with Gasteiger partial charge in [-0.3, -0.25) is 19.3 Å². The minimum Gasteiger partial charge on any atom is -0.361 e. The summed E-state index contributed by atoms with van der Waals surface area (Å²) in [6, 6.07) is 22.3. The van der Waals surface area contributed by atoms with Crippen molar-refractivity contribution in [3.8, 4) is 0 Å². The Morgan fingerprint density at radius 3 is 2.34 bits per heavy atom. The summed E-state index contributed by atoms with van der Waals surface area (Å²) in [5, 5.41) is 1.19. The van der Waals surface area contributed by atoms with Crippen LogP contribution in [0.4, 0.5) is 0 Å². The minimum absolute atomic E-state index is 0.0524. The van der Waals surface area contributed by atoms with Crippen molar-refractivity contribution in [2.45, 2.75) is 13.0 Å². The first-order valence-corrected chi connectivity index (χ1v) is 11.7. The SMILES string of the molecule is O=C(c1cccc(CN2C(=O)c3ccccc3C2=O)c1)N1CC=C(c2c[nH]c3ccccc23)CC1. The number of para-hydroxylation sites is 1. The van der Waals surface area contributed by atoms with Crippen molar-refractivity contribution >= 4 is 34.2 Å². The van der Waals surface area contributed by atoms with E-state index in [9.17, 15) is 14.4 Å². The van der Waals surface area contributed by atoms with Crippen LogP contribution in [-0.4, -0.2) is 45.6 Å². The first kappa shape index (κ1) is 21.1. The zero-order chi connectivity index (χ0) is 23.9. The zero-order valence-electron chi connectivity index (χ0n) is 19.0.